The molecule has 1 aromatic heterocycles. The van der Waals surface area contributed by atoms with Gasteiger partial charge in [0.2, 0.25) is 12.3 Å². The van der Waals surface area contributed by atoms with Gasteiger partial charge >= 0.3 is 0 Å². The summed E-state index contributed by atoms with van der Waals surface area (Å²) in [6, 6.07) is 9.25. The molecule has 0 radical (unpaired) electrons. The van der Waals surface area contributed by atoms with Crippen molar-refractivity contribution in [3.05, 3.63) is 42.2 Å². The molecule has 0 unspecified atom stereocenters. The minimum atomic E-state index is -0.0103. The average molecular weight is 214 g/mol. The first-order chi connectivity index (χ1) is 7.81. The molecule has 0 bridgehead atoms. The Morgan fingerprint density at radius 3 is 2.94 bits per heavy atom. The first-order valence-electron chi connectivity index (χ1n) is 4.76. The summed E-state index contributed by atoms with van der Waals surface area (Å²) < 4.78 is 0. The van der Waals surface area contributed by atoms with E-state index in [1.807, 2.05) is 24.3 Å². The van der Waals surface area contributed by atoms with Crippen LogP contribution in [0.2, 0.25) is 0 Å². The van der Waals surface area contributed by atoms with Crippen LogP contribution in [-0.2, 0) is 4.79 Å². The third-order valence-electron chi connectivity index (χ3n) is 2.16. The van der Waals surface area contributed by atoms with Crippen LogP contribution in [-0.4, -0.2) is 16.5 Å². The number of nitrogens with zero attached hydrogens (tertiary/aromatic N) is 1. The lowest BCUT2D eigenvalue weighted by molar-refractivity contribution is -0.108. The molecule has 80 valence electrons. The lowest BCUT2D eigenvalue weighted by atomic mass is 10.1. The molecule has 0 fully saturated rings. The SMILES string of the molecule is O=CNC=Cc1cc2ccccc2c(O)n1. The Kier molecular flexibility index (Phi) is 2.82. The van der Waals surface area contributed by atoms with E-state index in [1.54, 1.807) is 12.1 Å². The largest absolute Gasteiger partial charge is 0.493 e. The number of hydrogen-bond donors (Lipinski definition) is 2. The van der Waals surface area contributed by atoms with E-state index in [-0.39, 0.29) is 5.88 Å². The van der Waals surface area contributed by atoms with E-state index in [2.05, 4.69) is 10.3 Å². The fraction of sp³-hybridized carbons (Fsp3) is 0. The smallest absolute Gasteiger partial charge is 0.219 e. The predicted octanol–water partition coefficient (Wildman–Crippen LogP) is 1.66. The van der Waals surface area contributed by atoms with E-state index in [9.17, 15) is 9.90 Å². The maximum atomic E-state index is 10.0. The first kappa shape index (κ1) is 10.2. The third kappa shape index (κ3) is 2.00. The summed E-state index contributed by atoms with van der Waals surface area (Å²) in [6.45, 7) is 0. The normalized spacial score (nSPS) is 10.8. The zero-order chi connectivity index (χ0) is 11.4. The molecule has 0 atom stereocenters. The predicted molar refractivity (Wildman–Crippen MR) is 61.6 cm³/mol. The number of fused-ring (bicyclic) bond motifs is 1. The van der Waals surface area contributed by atoms with E-state index in [0.717, 1.165) is 5.39 Å². The average Bonchev–Trinajstić information content (AvgIpc) is 2.30. The van der Waals surface area contributed by atoms with Crippen molar-refractivity contribution in [2.45, 2.75) is 0 Å². The van der Waals surface area contributed by atoms with E-state index in [1.165, 1.54) is 6.20 Å². The molecule has 0 aliphatic carbocycles. The van der Waals surface area contributed by atoms with Crippen molar-refractivity contribution >= 4 is 23.3 Å². The van der Waals surface area contributed by atoms with E-state index >= 15 is 0 Å². The van der Waals surface area contributed by atoms with Gasteiger partial charge in [0.25, 0.3) is 0 Å². The highest BCUT2D eigenvalue weighted by molar-refractivity contribution is 5.87. The van der Waals surface area contributed by atoms with Crippen molar-refractivity contribution in [3.63, 3.8) is 0 Å². The number of aromatic hydroxyl groups is 1. The summed E-state index contributed by atoms with van der Waals surface area (Å²) in [5.74, 6) is -0.0103. The highest BCUT2D eigenvalue weighted by Crippen LogP contribution is 2.23. The summed E-state index contributed by atoms with van der Waals surface area (Å²) in [6.07, 6.45) is 3.64. The molecule has 2 N–H and O–H groups in total. The Labute approximate surface area is 92.2 Å². The molecule has 0 saturated carbocycles. The van der Waals surface area contributed by atoms with Gasteiger partial charge in [0.1, 0.15) is 0 Å². The molecule has 4 nitrogen and oxygen atoms in total. The van der Waals surface area contributed by atoms with Crippen LogP contribution in [0.1, 0.15) is 5.69 Å². The number of rotatable bonds is 3. The molecule has 0 aliphatic rings. The molecule has 0 aliphatic heterocycles. The number of pyridine rings is 1. The van der Waals surface area contributed by atoms with E-state index in [4.69, 9.17) is 0 Å². The van der Waals surface area contributed by atoms with E-state index < -0.39 is 0 Å². The van der Waals surface area contributed by atoms with Gasteiger partial charge in [0.05, 0.1) is 5.69 Å². The van der Waals surface area contributed by atoms with Crippen LogP contribution in [0.3, 0.4) is 0 Å². The van der Waals surface area contributed by atoms with Crippen molar-refractivity contribution in [2.24, 2.45) is 0 Å². The molecule has 2 aromatic rings. The second kappa shape index (κ2) is 4.44. The number of benzene rings is 1. The van der Waals surface area contributed by atoms with Crippen LogP contribution in [0.25, 0.3) is 16.8 Å². The number of carbonyl (C=O) groups is 1. The van der Waals surface area contributed by atoms with Crippen molar-refractivity contribution in [1.29, 1.82) is 0 Å². The molecular formula is C12H10N2O2. The number of hydrogen-bond acceptors (Lipinski definition) is 3. The monoisotopic (exact) mass is 214 g/mol. The Hall–Kier alpha value is -2.36. The van der Waals surface area contributed by atoms with Gasteiger partial charge in [0, 0.05) is 11.6 Å². The third-order valence-corrected chi connectivity index (χ3v) is 2.16. The van der Waals surface area contributed by atoms with Crippen molar-refractivity contribution in [2.75, 3.05) is 0 Å². The second-order valence-corrected chi connectivity index (χ2v) is 3.21. The molecule has 0 spiro atoms. The maximum Gasteiger partial charge on any atom is 0.219 e. The molecule has 1 aromatic carbocycles. The van der Waals surface area contributed by atoms with Gasteiger partial charge in [-0.3, -0.25) is 4.79 Å². The molecule has 1 heterocycles. The van der Waals surface area contributed by atoms with Gasteiger partial charge < -0.3 is 10.4 Å². The maximum absolute atomic E-state index is 10.0. The fourth-order valence-electron chi connectivity index (χ4n) is 1.46. The highest BCUT2D eigenvalue weighted by atomic mass is 16.3. The Morgan fingerprint density at radius 1 is 1.31 bits per heavy atom. The fourth-order valence-corrected chi connectivity index (χ4v) is 1.46. The molecular weight excluding hydrogens is 204 g/mol. The second-order valence-electron chi connectivity index (χ2n) is 3.21. The van der Waals surface area contributed by atoms with Crippen LogP contribution in [0, 0.1) is 0 Å². The van der Waals surface area contributed by atoms with Crippen LogP contribution >= 0.6 is 0 Å². The molecule has 16 heavy (non-hydrogen) atoms. The first-order valence-corrected chi connectivity index (χ1v) is 4.76. The summed E-state index contributed by atoms with van der Waals surface area (Å²) in [5, 5.41) is 13.7. The lowest BCUT2D eigenvalue weighted by Gasteiger charge is -2.01. The highest BCUT2D eigenvalue weighted by Gasteiger charge is 2.01. The molecule has 0 saturated heterocycles. The molecule has 1 amide bonds. The van der Waals surface area contributed by atoms with Gasteiger partial charge in [-0.15, -0.1) is 0 Å². The van der Waals surface area contributed by atoms with Crippen molar-refractivity contribution in [1.82, 2.24) is 10.3 Å². The van der Waals surface area contributed by atoms with Gasteiger partial charge in [-0.2, -0.15) is 0 Å². The molecule has 2 rings (SSSR count). The summed E-state index contributed by atoms with van der Waals surface area (Å²) in [5.41, 5.74) is 0.588. The van der Waals surface area contributed by atoms with Crippen LogP contribution in [0.5, 0.6) is 5.88 Å². The minimum absolute atomic E-state index is 0.0103. The number of nitrogens with one attached hydrogen (secondary N) is 1. The van der Waals surface area contributed by atoms with Gasteiger partial charge in [-0.25, -0.2) is 4.98 Å². The van der Waals surface area contributed by atoms with Crippen LogP contribution < -0.4 is 5.32 Å². The number of carbonyl (C=O) groups excluding carboxylic acids is 1. The Balaban J connectivity index is 2.45. The quantitative estimate of drug-likeness (QED) is 0.764. The summed E-state index contributed by atoms with van der Waals surface area (Å²) in [4.78, 5) is 14.0. The van der Waals surface area contributed by atoms with Crippen molar-refractivity contribution in [3.8, 4) is 5.88 Å². The zero-order valence-electron chi connectivity index (χ0n) is 8.42. The lowest BCUT2D eigenvalue weighted by Crippen LogP contribution is -1.98. The van der Waals surface area contributed by atoms with Crippen LogP contribution in [0.4, 0.5) is 0 Å². The van der Waals surface area contributed by atoms with Gasteiger partial charge in [-0.05, 0) is 23.6 Å². The summed E-state index contributed by atoms with van der Waals surface area (Å²) >= 11 is 0. The van der Waals surface area contributed by atoms with Gasteiger partial charge in [0.15, 0.2) is 0 Å². The minimum Gasteiger partial charge on any atom is -0.493 e. The topological polar surface area (TPSA) is 62.2 Å². The number of amides is 1. The van der Waals surface area contributed by atoms with E-state index in [0.29, 0.717) is 17.5 Å². The van der Waals surface area contributed by atoms with Crippen LogP contribution in [0.15, 0.2) is 36.5 Å². The zero-order valence-corrected chi connectivity index (χ0v) is 8.42. The Bertz CT molecular complexity index is 550. The van der Waals surface area contributed by atoms with Crippen molar-refractivity contribution < 1.29 is 9.90 Å². The molecule has 4 heteroatoms. The Morgan fingerprint density at radius 2 is 2.12 bits per heavy atom. The number of aromatic nitrogens is 1. The van der Waals surface area contributed by atoms with Gasteiger partial charge in [-0.1, -0.05) is 18.2 Å². The standard InChI is InChI=1S/C12H10N2O2/c15-8-13-6-5-10-7-9-3-1-2-4-11(9)12(16)14-10/h1-8H,(H,13,15)(H,14,16). The summed E-state index contributed by atoms with van der Waals surface area (Å²) in [7, 11) is 0.